The molecule has 5 heteroatoms. The number of rotatable bonds is 2. The third-order valence-corrected chi connectivity index (χ3v) is 4.02. The standard InChI is InChI=1S/C17H19N3O2/c1-11(2)15-16(21)19-9-10-20(15)17(22)13-5-3-7-14-12(13)6-4-8-18-14/h3-8,11,15H,9-10H2,1-2H3,(H,19,21)/t15-/m1/s1. The lowest BCUT2D eigenvalue weighted by molar-refractivity contribution is -0.129. The predicted molar refractivity (Wildman–Crippen MR) is 84.4 cm³/mol. The van der Waals surface area contributed by atoms with Crippen molar-refractivity contribution in [3.05, 3.63) is 42.1 Å². The Balaban J connectivity index is 2.03. The Morgan fingerprint density at radius 3 is 2.91 bits per heavy atom. The van der Waals surface area contributed by atoms with E-state index >= 15 is 0 Å². The van der Waals surface area contributed by atoms with Gasteiger partial charge < -0.3 is 10.2 Å². The van der Waals surface area contributed by atoms with Gasteiger partial charge >= 0.3 is 0 Å². The highest BCUT2D eigenvalue weighted by Gasteiger charge is 2.35. The molecule has 2 aromatic rings. The topological polar surface area (TPSA) is 62.3 Å². The second-order valence-corrected chi connectivity index (χ2v) is 5.85. The van der Waals surface area contributed by atoms with Gasteiger partial charge in [-0.2, -0.15) is 0 Å². The zero-order valence-electron chi connectivity index (χ0n) is 12.7. The van der Waals surface area contributed by atoms with Crippen LogP contribution in [0.5, 0.6) is 0 Å². The number of hydrogen-bond donors (Lipinski definition) is 1. The van der Waals surface area contributed by atoms with Gasteiger partial charge in [0.05, 0.1) is 5.52 Å². The fourth-order valence-corrected chi connectivity index (χ4v) is 3.02. The Hall–Kier alpha value is -2.43. The first-order chi connectivity index (χ1) is 10.6. The first kappa shape index (κ1) is 14.5. The molecule has 1 fully saturated rings. The van der Waals surface area contributed by atoms with Crippen molar-refractivity contribution in [3.63, 3.8) is 0 Å². The van der Waals surface area contributed by atoms with Crippen LogP contribution in [0.1, 0.15) is 24.2 Å². The number of amides is 2. The van der Waals surface area contributed by atoms with Crippen molar-refractivity contribution in [2.24, 2.45) is 5.92 Å². The molecule has 114 valence electrons. The molecule has 1 aliphatic rings. The summed E-state index contributed by atoms with van der Waals surface area (Å²) in [6.45, 7) is 4.95. The molecule has 2 heterocycles. The van der Waals surface area contributed by atoms with Gasteiger partial charge in [0, 0.05) is 30.2 Å². The van der Waals surface area contributed by atoms with Crippen molar-refractivity contribution < 1.29 is 9.59 Å². The van der Waals surface area contributed by atoms with E-state index in [0.717, 1.165) is 10.9 Å². The minimum Gasteiger partial charge on any atom is -0.353 e. The van der Waals surface area contributed by atoms with Gasteiger partial charge in [-0.1, -0.05) is 26.0 Å². The van der Waals surface area contributed by atoms with Crippen molar-refractivity contribution in [2.75, 3.05) is 13.1 Å². The van der Waals surface area contributed by atoms with Crippen molar-refractivity contribution in [1.82, 2.24) is 15.2 Å². The van der Waals surface area contributed by atoms with E-state index in [9.17, 15) is 9.59 Å². The van der Waals surface area contributed by atoms with Gasteiger partial charge in [0.2, 0.25) is 5.91 Å². The lowest BCUT2D eigenvalue weighted by Crippen LogP contribution is -2.59. The average molecular weight is 297 g/mol. The van der Waals surface area contributed by atoms with E-state index in [2.05, 4.69) is 10.3 Å². The van der Waals surface area contributed by atoms with E-state index in [4.69, 9.17) is 0 Å². The molecule has 0 aliphatic carbocycles. The van der Waals surface area contributed by atoms with Crippen LogP contribution in [-0.2, 0) is 4.79 Å². The van der Waals surface area contributed by atoms with Gasteiger partial charge in [-0.25, -0.2) is 0 Å². The number of nitrogens with zero attached hydrogens (tertiary/aromatic N) is 2. The Morgan fingerprint density at radius 2 is 2.14 bits per heavy atom. The summed E-state index contributed by atoms with van der Waals surface area (Å²) < 4.78 is 0. The number of pyridine rings is 1. The average Bonchev–Trinajstić information content (AvgIpc) is 2.53. The molecular weight excluding hydrogens is 278 g/mol. The van der Waals surface area contributed by atoms with Crippen molar-refractivity contribution in [1.29, 1.82) is 0 Å². The van der Waals surface area contributed by atoms with E-state index < -0.39 is 6.04 Å². The van der Waals surface area contributed by atoms with Gasteiger partial charge in [0.15, 0.2) is 0 Å². The molecule has 5 nitrogen and oxygen atoms in total. The molecule has 0 bridgehead atoms. The van der Waals surface area contributed by atoms with Gasteiger partial charge in [-0.3, -0.25) is 14.6 Å². The van der Waals surface area contributed by atoms with Crippen molar-refractivity contribution in [3.8, 4) is 0 Å². The van der Waals surface area contributed by atoms with Gasteiger partial charge in [0.1, 0.15) is 6.04 Å². The number of nitrogens with one attached hydrogen (secondary N) is 1. The molecule has 3 rings (SSSR count). The largest absolute Gasteiger partial charge is 0.353 e. The van der Waals surface area contributed by atoms with Crippen LogP contribution in [0.25, 0.3) is 10.9 Å². The van der Waals surface area contributed by atoms with Crippen molar-refractivity contribution >= 4 is 22.7 Å². The number of hydrogen-bond acceptors (Lipinski definition) is 3. The molecule has 0 spiro atoms. The minimum absolute atomic E-state index is 0.0670. The summed E-state index contributed by atoms with van der Waals surface area (Å²) in [4.78, 5) is 31.1. The normalized spacial score (nSPS) is 18.6. The molecule has 1 aliphatic heterocycles. The highest BCUT2D eigenvalue weighted by Crippen LogP contribution is 2.22. The zero-order valence-corrected chi connectivity index (χ0v) is 12.7. The van der Waals surface area contributed by atoms with Crippen LogP contribution < -0.4 is 5.32 Å². The lowest BCUT2D eigenvalue weighted by atomic mass is 9.97. The number of piperazine rings is 1. The maximum atomic E-state index is 13.0. The Bertz CT molecular complexity index is 721. The summed E-state index contributed by atoms with van der Waals surface area (Å²) in [5.74, 6) is -0.113. The van der Waals surface area contributed by atoms with E-state index in [1.807, 2.05) is 38.1 Å². The second-order valence-electron chi connectivity index (χ2n) is 5.85. The van der Waals surface area contributed by atoms with E-state index in [1.54, 1.807) is 17.2 Å². The molecule has 1 aromatic heterocycles. The first-order valence-corrected chi connectivity index (χ1v) is 7.52. The molecular formula is C17H19N3O2. The molecule has 1 N–H and O–H groups in total. The van der Waals surface area contributed by atoms with E-state index in [0.29, 0.717) is 18.7 Å². The van der Waals surface area contributed by atoms with Gasteiger partial charge in [0.25, 0.3) is 5.91 Å². The fourth-order valence-electron chi connectivity index (χ4n) is 3.02. The molecule has 0 radical (unpaired) electrons. The SMILES string of the molecule is CC(C)[C@@H]1C(=O)NCCN1C(=O)c1cccc2ncccc12. The number of aromatic nitrogens is 1. The number of carbonyl (C=O) groups is 2. The van der Waals surface area contributed by atoms with Gasteiger partial charge in [-0.05, 0) is 24.1 Å². The summed E-state index contributed by atoms with van der Waals surface area (Å²) in [7, 11) is 0. The van der Waals surface area contributed by atoms with Crippen LogP contribution in [0.2, 0.25) is 0 Å². The zero-order chi connectivity index (χ0) is 15.7. The van der Waals surface area contributed by atoms with Crippen LogP contribution in [0.3, 0.4) is 0 Å². The number of fused-ring (bicyclic) bond motifs is 1. The highest BCUT2D eigenvalue weighted by atomic mass is 16.2. The summed E-state index contributed by atoms with van der Waals surface area (Å²) in [5.41, 5.74) is 1.39. The van der Waals surface area contributed by atoms with Crippen LogP contribution in [-0.4, -0.2) is 40.8 Å². The minimum atomic E-state index is -0.423. The lowest BCUT2D eigenvalue weighted by Gasteiger charge is -2.37. The number of carbonyl (C=O) groups excluding carboxylic acids is 2. The summed E-state index contributed by atoms with van der Waals surface area (Å²) in [5, 5.41) is 3.66. The quantitative estimate of drug-likeness (QED) is 0.920. The Morgan fingerprint density at radius 1 is 1.32 bits per heavy atom. The molecule has 1 saturated heterocycles. The van der Waals surface area contributed by atoms with Gasteiger partial charge in [-0.15, -0.1) is 0 Å². The van der Waals surface area contributed by atoms with Crippen LogP contribution in [0.15, 0.2) is 36.5 Å². The molecule has 0 saturated carbocycles. The summed E-state index contributed by atoms with van der Waals surface area (Å²) in [6.07, 6.45) is 1.71. The van der Waals surface area contributed by atoms with Crippen LogP contribution >= 0.6 is 0 Å². The molecule has 2 amide bonds. The summed E-state index contributed by atoms with van der Waals surface area (Å²) in [6, 6.07) is 8.81. The fraction of sp³-hybridized carbons (Fsp3) is 0.353. The molecule has 1 atom stereocenters. The summed E-state index contributed by atoms with van der Waals surface area (Å²) >= 11 is 0. The third-order valence-electron chi connectivity index (χ3n) is 4.02. The Kier molecular flexibility index (Phi) is 3.79. The molecule has 0 unspecified atom stereocenters. The second kappa shape index (κ2) is 5.75. The van der Waals surface area contributed by atoms with E-state index in [-0.39, 0.29) is 17.7 Å². The van der Waals surface area contributed by atoms with Crippen LogP contribution in [0, 0.1) is 5.92 Å². The monoisotopic (exact) mass is 297 g/mol. The third kappa shape index (κ3) is 2.43. The maximum absolute atomic E-state index is 13.0. The van der Waals surface area contributed by atoms with Crippen molar-refractivity contribution in [2.45, 2.75) is 19.9 Å². The molecule has 22 heavy (non-hydrogen) atoms. The smallest absolute Gasteiger partial charge is 0.255 e. The highest BCUT2D eigenvalue weighted by molar-refractivity contribution is 6.07. The predicted octanol–water partition coefficient (Wildman–Crippen LogP) is 1.83. The maximum Gasteiger partial charge on any atom is 0.255 e. The van der Waals surface area contributed by atoms with Crippen LogP contribution in [0.4, 0.5) is 0 Å². The Labute approximate surface area is 129 Å². The van der Waals surface area contributed by atoms with E-state index in [1.165, 1.54) is 0 Å². The first-order valence-electron chi connectivity index (χ1n) is 7.52. The number of benzene rings is 1. The molecule has 1 aromatic carbocycles.